The van der Waals surface area contributed by atoms with E-state index in [-0.39, 0.29) is 6.61 Å². The second-order valence-corrected chi connectivity index (χ2v) is 3.40. The Bertz CT molecular complexity index is 183. The highest BCUT2D eigenvalue weighted by Gasteiger charge is 2.43. The van der Waals surface area contributed by atoms with Crippen molar-refractivity contribution in [3.8, 4) is 0 Å². The van der Waals surface area contributed by atoms with E-state index in [0.29, 0.717) is 0 Å². The van der Waals surface area contributed by atoms with Gasteiger partial charge in [0.05, 0.1) is 6.61 Å². The van der Waals surface area contributed by atoms with Crippen molar-refractivity contribution in [2.45, 2.75) is 30.7 Å². The first-order valence-electron chi connectivity index (χ1n) is 4.71. The number of aliphatic hydroxyl groups excluding tert-OH is 2. The van der Waals surface area contributed by atoms with Gasteiger partial charge in [-0.15, -0.1) is 0 Å². The maximum Gasteiger partial charge on any atom is 0.185 e. The van der Waals surface area contributed by atoms with Gasteiger partial charge in [0.15, 0.2) is 6.29 Å². The summed E-state index contributed by atoms with van der Waals surface area (Å²) in [5.41, 5.74) is 0. The van der Waals surface area contributed by atoms with E-state index in [2.05, 4.69) is 0 Å². The summed E-state index contributed by atoms with van der Waals surface area (Å²) in [5, 5.41) is 19.0. The molecule has 6 nitrogen and oxygen atoms in total. The third-order valence-electron chi connectivity index (χ3n) is 2.52. The maximum absolute atomic E-state index is 9.63. The highest BCUT2D eigenvalue weighted by molar-refractivity contribution is 4.90. The van der Waals surface area contributed by atoms with Gasteiger partial charge < -0.3 is 29.2 Å². The summed E-state index contributed by atoms with van der Waals surface area (Å²) in [6.07, 6.45) is -3.73. The molecule has 0 aromatic heterocycles. The Hall–Kier alpha value is -0.240. The smallest absolute Gasteiger partial charge is 0.185 e. The van der Waals surface area contributed by atoms with E-state index >= 15 is 0 Å². The summed E-state index contributed by atoms with van der Waals surface area (Å²) < 4.78 is 20.4. The number of methoxy groups -OCH3 is 3. The van der Waals surface area contributed by atoms with Crippen LogP contribution in [0.4, 0.5) is 0 Å². The second kappa shape index (κ2) is 5.74. The zero-order valence-corrected chi connectivity index (χ0v) is 9.12. The quantitative estimate of drug-likeness (QED) is 0.565. The summed E-state index contributed by atoms with van der Waals surface area (Å²) in [7, 11) is 4.41. The Morgan fingerprint density at radius 2 is 1.73 bits per heavy atom. The zero-order chi connectivity index (χ0) is 11.4. The van der Waals surface area contributed by atoms with Gasteiger partial charge in [0.25, 0.3) is 0 Å². The lowest BCUT2D eigenvalue weighted by Crippen LogP contribution is -2.47. The molecule has 2 N–H and O–H groups in total. The van der Waals surface area contributed by atoms with Crippen LogP contribution in [0.2, 0.25) is 0 Å². The fourth-order valence-corrected chi connectivity index (χ4v) is 1.68. The van der Waals surface area contributed by atoms with Crippen LogP contribution in [0.3, 0.4) is 0 Å². The highest BCUT2D eigenvalue weighted by Crippen LogP contribution is 2.22. The minimum absolute atomic E-state index is 0.0891. The van der Waals surface area contributed by atoms with Crippen molar-refractivity contribution in [3.63, 3.8) is 0 Å². The molecule has 4 unspecified atom stereocenters. The van der Waals surface area contributed by atoms with Gasteiger partial charge in [-0.3, -0.25) is 0 Å². The molecule has 1 fully saturated rings. The molecule has 0 aliphatic carbocycles. The second-order valence-electron chi connectivity index (χ2n) is 3.40. The molecule has 0 bridgehead atoms. The molecule has 0 aromatic rings. The van der Waals surface area contributed by atoms with Gasteiger partial charge in [-0.25, -0.2) is 0 Å². The lowest BCUT2D eigenvalue weighted by atomic mass is 10.1. The van der Waals surface area contributed by atoms with Crippen molar-refractivity contribution in [3.05, 3.63) is 0 Å². The van der Waals surface area contributed by atoms with Gasteiger partial charge in [-0.2, -0.15) is 0 Å². The molecule has 1 aliphatic heterocycles. The average molecular weight is 222 g/mol. The van der Waals surface area contributed by atoms with Crippen molar-refractivity contribution in [1.29, 1.82) is 0 Å². The van der Waals surface area contributed by atoms with Crippen LogP contribution in [0.5, 0.6) is 0 Å². The number of hydrogen-bond acceptors (Lipinski definition) is 6. The molecular formula is C9H18O6. The monoisotopic (exact) mass is 222 g/mol. The Balaban J connectivity index is 2.65. The largest absolute Gasteiger partial charge is 0.388 e. The first-order chi connectivity index (χ1) is 7.15. The first kappa shape index (κ1) is 12.8. The van der Waals surface area contributed by atoms with Crippen LogP contribution in [-0.4, -0.2) is 68.9 Å². The van der Waals surface area contributed by atoms with E-state index < -0.39 is 30.7 Å². The molecule has 1 aliphatic rings. The summed E-state index contributed by atoms with van der Waals surface area (Å²) in [5.74, 6) is 0. The number of rotatable bonds is 5. The normalized spacial score (nSPS) is 33.6. The number of hydrogen-bond donors (Lipinski definition) is 2. The Kier molecular flexibility index (Phi) is 4.91. The molecule has 1 heterocycles. The maximum atomic E-state index is 9.63. The van der Waals surface area contributed by atoms with Crippen LogP contribution in [0.25, 0.3) is 0 Å². The predicted octanol–water partition coefficient (Wildman–Crippen LogP) is -1.26. The van der Waals surface area contributed by atoms with Gasteiger partial charge in [0.1, 0.15) is 24.4 Å². The lowest BCUT2D eigenvalue weighted by Gasteiger charge is -2.29. The third kappa shape index (κ3) is 2.66. The average Bonchev–Trinajstić information content (AvgIpc) is 2.57. The zero-order valence-electron chi connectivity index (χ0n) is 9.12. The SMILES string of the molecule is COC(OC)C(OC)C1OCC(O)C1O. The number of ether oxygens (including phenoxy) is 4. The van der Waals surface area contributed by atoms with Crippen LogP contribution < -0.4 is 0 Å². The van der Waals surface area contributed by atoms with Gasteiger partial charge in [-0.1, -0.05) is 0 Å². The lowest BCUT2D eigenvalue weighted by molar-refractivity contribution is -0.210. The number of aliphatic hydroxyl groups is 2. The molecule has 0 spiro atoms. The predicted molar refractivity (Wildman–Crippen MR) is 50.4 cm³/mol. The molecule has 6 heteroatoms. The van der Waals surface area contributed by atoms with Crippen molar-refractivity contribution in [1.82, 2.24) is 0 Å². The van der Waals surface area contributed by atoms with Crippen molar-refractivity contribution >= 4 is 0 Å². The minimum atomic E-state index is -0.984. The molecule has 4 atom stereocenters. The van der Waals surface area contributed by atoms with Gasteiger partial charge >= 0.3 is 0 Å². The standard InChI is InChI=1S/C9H18O6/c1-12-8(9(13-2)14-3)7-6(11)5(10)4-15-7/h5-11H,4H2,1-3H3. The highest BCUT2D eigenvalue weighted by atomic mass is 16.7. The topological polar surface area (TPSA) is 77.4 Å². The van der Waals surface area contributed by atoms with E-state index in [4.69, 9.17) is 18.9 Å². The Labute approximate surface area is 88.7 Å². The van der Waals surface area contributed by atoms with E-state index in [1.165, 1.54) is 21.3 Å². The van der Waals surface area contributed by atoms with Crippen molar-refractivity contribution in [2.24, 2.45) is 0 Å². The first-order valence-corrected chi connectivity index (χ1v) is 4.71. The Morgan fingerprint density at radius 3 is 2.07 bits per heavy atom. The molecule has 0 saturated carbocycles. The summed E-state index contributed by atoms with van der Waals surface area (Å²) >= 11 is 0. The summed E-state index contributed by atoms with van der Waals surface area (Å²) in [4.78, 5) is 0. The van der Waals surface area contributed by atoms with Crippen LogP contribution in [0.1, 0.15) is 0 Å². The van der Waals surface area contributed by atoms with Crippen molar-refractivity contribution in [2.75, 3.05) is 27.9 Å². The molecule has 15 heavy (non-hydrogen) atoms. The van der Waals surface area contributed by atoms with E-state index in [1.807, 2.05) is 0 Å². The van der Waals surface area contributed by atoms with E-state index in [0.717, 1.165) is 0 Å². The van der Waals surface area contributed by atoms with E-state index in [9.17, 15) is 10.2 Å². The minimum Gasteiger partial charge on any atom is -0.388 e. The summed E-state index contributed by atoms with van der Waals surface area (Å²) in [6.45, 7) is 0.0891. The molecule has 1 saturated heterocycles. The fraction of sp³-hybridized carbons (Fsp3) is 1.00. The Morgan fingerprint density at radius 1 is 1.13 bits per heavy atom. The van der Waals surface area contributed by atoms with Gasteiger partial charge in [0, 0.05) is 21.3 Å². The van der Waals surface area contributed by atoms with Gasteiger partial charge in [0.2, 0.25) is 0 Å². The van der Waals surface area contributed by atoms with Crippen molar-refractivity contribution < 1.29 is 29.2 Å². The fourth-order valence-electron chi connectivity index (χ4n) is 1.68. The van der Waals surface area contributed by atoms with Crippen LogP contribution in [-0.2, 0) is 18.9 Å². The van der Waals surface area contributed by atoms with Crippen LogP contribution >= 0.6 is 0 Å². The molecule has 90 valence electrons. The molecule has 0 amide bonds. The molecule has 0 aromatic carbocycles. The molecule has 0 radical (unpaired) electrons. The summed E-state index contributed by atoms with van der Waals surface area (Å²) in [6, 6.07) is 0. The van der Waals surface area contributed by atoms with E-state index in [1.54, 1.807) is 0 Å². The molecular weight excluding hydrogens is 204 g/mol. The van der Waals surface area contributed by atoms with Crippen LogP contribution in [0, 0.1) is 0 Å². The molecule has 1 rings (SSSR count). The van der Waals surface area contributed by atoms with Crippen LogP contribution in [0.15, 0.2) is 0 Å². The third-order valence-corrected chi connectivity index (χ3v) is 2.52. The van der Waals surface area contributed by atoms with Gasteiger partial charge in [-0.05, 0) is 0 Å².